The summed E-state index contributed by atoms with van der Waals surface area (Å²) in [5, 5.41) is 6.01. The van der Waals surface area contributed by atoms with Gasteiger partial charge in [-0.2, -0.15) is 0 Å². The van der Waals surface area contributed by atoms with Gasteiger partial charge >= 0.3 is 6.09 Å². The SMILES string of the molecule is CC(C)(C)OC(=O)N1C2C=CC1c1c2c2c(c3c1[Si](C)(C)O[Si]3(C)C)[Si](C)(C)O[Si]2(C)C. The molecule has 0 spiro atoms. The molecular formula is C23H37NO4Si4. The Morgan fingerprint density at radius 1 is 0.750 bits per heavy atom. The van der Waals surface area contributed by atoms with Crippen molar-refractivity contribution in [3.8, 4) is 0 Å². The summed E-state index contributed by atoms with van der Waals surface area (Å²) in [5.74, 6) is 0. The smallest absolute Gasteiger partial charge is 0.411 e. The Bertz CT molecular complexity index is 1030. The first-order valence-corrected chi connectivity index (χ1v) is 23.4. The van der Waals surface area contributed by atoms with E-state index in [9.17, 15) is 4.79 Å². The predicted octanol–water partition coefficient (Wildman–Crippen LogP) is 3.30. The second-order valence-electron chi connectivity index (χ2n) is 12.7. The van der Waals surface area contributed by atoms with E-state index < -0.39 is 38.9 Å². The maximum Gasteiger partial charge on any atom is 0.411 e. The monoisotopic (exact) mass is 503 g/mol. The van der Waals surface area contributed by atoms with Gasteiger partial charge in [0.2, 0.25) is 33.3 Å². The molecule has 0 radical (unpaired) electrons. The number of benzene rings is 1. The maximum atomic E-state index is 13.4. The van der Waals surface area contributed by atoms with Crippen LogP contribution >= 0.6 is 0 Å². The molecule has 1 aromatic rings. The van der Waals surface area contributed by atoms with Crippen molar-refractivity contribution in [3.63, 3.8) is 0 Å². The van der Waals surface area contributed by atoms with Crippen LogP contribution in [-0.4, -0.2) is 49.9 Å². The van der Waals surface area contributed by atoms with E-state index in [4.69, 9.17) is 13.0 Å². The molecule has 0 fully saturated rings. The Kier molecular flexibility index (Phi) is 4.39. The Morgan fingerprint density at radius 2 is 1.09 bits per heavy atom. The fourth-order valence-electron chi connectivity index (χ4n) is 6.92. The van der Waals surface area contributed by atoms with Crippen molar-refractivity contribution >= 4 is 60.1 Å². The van der Waals surface area contributed by atoms with Crippen LogP contribution in [0.4, 0.5) is 4.79 Å². The molecule has 0 N–H and O–H groups in total. The molecule has 32 heavy (non-hydrogen) atoms. The fourth-order valence-corrected chi connectivity index (χ4v) is 30.7. The molecule has 0 saturated heterocycles. The van der Waals surface area contributed by atoms with Crippen LogP contribution < -0.4 is 20.7 Å². The Balaban J connectivity index is 1.84. The van der Waals surface area contributed by atoms with Crippen LogP contribution in [0.1, 0.15) is 44.0 Å². The second-order valence-corrected chi connectivity index (χ2v) is 28.5. The van der Waals surface area contributed by atoms with E-state index >= 15 is 0 Å². The average molecular weight is 504 g/mol. The van der Waals surface area contributed by atoms with Crippen molar-refractivity contribution in [1.29, 1.82) is 0 Å². The number of fused-ring (bicyclic) bond motifs is 10. The number of ether oxygens (including phenoxy) is 1. The minimum Gasteiger partial charge on any atom is -0.449 e. The van der Waals surface area contributed by atoms with Crippen LogP contribution in [0.15, 0.2) is 12.2 Å². The van der Waals surface area contributed by atoms with E-state index in [-0.39, 0.29) is 18.2 Å². The number of hydrogen-bond acceptors (Lipinski definition) is 4. The summed E-state index contributed by atoms with van der Waals surface area (Å²) in [6.45, 7) is 24.7. The van der Waals surface area contributed by atoms with Crippen LogP contribution in [0.3, 0.4) is 0 Å². The molecular weight excluding hydrogens is 467 g/mol. The van der Waals surface area contributed by atoms with Gasteiger partial charge in [-0.15, -0.1) is 0 Å². The molecule has 4 heterocycles. The highest BCUT2D eigenvalue weighted by Crippen LogP contribution is 2.50. The van der Waals surface area contributed by atoms with Crippen molar-refractivity contribution in [2.24, 2.45) is 0 Å². The third-order valence-corrected chi connectivity index (χ3v) is 23.0. The molecule has 1 amide bonds. The Hall–Kier alpha value is -0.982. The van der Waals surface area contributed by atoms with Crippen molar-refractivity contribution in [2.45, 2.75) is 90.8 Å². The lowest BCUT2D eigenvalue weighted by Crippen LogP contribution is -2.65. The maximum absolute atomic E-state index is 13.4. The highest BCUT2D eigenvalue weighted by Gasteiger charge is 2.62. The number of amides is 1. The zero-order chi connectivity index (χ0) is 23.8. The van der Waals surface area contributed by atoms with E-state index in [2.05, 4.69) is 64.5 Å². The van der Waals surface area contributed by atoms with Gasteiger partial charge in [-0.3, -0.25) is 4.90 Å². The summed E-state index contributed by atoms with van der Waals surface area (Å²) in [5.41, 5.74) is 2.21. The zero-order valence-electron chi connectivity index (χ0n) is 21.4. The van der Waals surface area contributed by atoms with Crippen molar-refractivity contribution < 1.29 is 17.8 Å². The topological polar surface area (TPSA) is 48.0 Å². The molecule has 2 atom stereocenters. The van der Waals surface area contributed by atoms with Crippen LogP contribution in [-0.2, 0) is 13.0 Å². The summed E-state index contributed by atoms with van der Waals surface area (Å²) in [6.07, 6.45) is 4.21. The standard InChI is InChI=1S/C23H37NO4Si4/c1-23(2,3)26-22(25)24-14-12-13-15(24)17-16(14)18-20(31(8,9)27-29(18,4)5)21-19(17)30(6,7)28-32(21,10)11/h12-15H,1-11H3. The van der Waals surface area contributed by atoms with Gasteiger partial charge in [0.1, 0.15) is 5.60 Å². The van der Waals surface area contributed by atoms with Crippen LogP contribution in [0.2, 0.25) is 52.4 Å². The molecule has 2 bridgehead atoms. The molecule has 2 unspecified atom stereocenters. The second kappa shape index (κ2) is 6.17. The van der Waals surface area contributed by atoms with Gasteiger partial charge in [0.05, 0.1) is 12.1 Å². The van der Waals surface area contributed by atoms with E-state index in [0.717, 1.165) is 0 Å². The van der Waals surface area contributed by atoms with E-state index in [0.29, 0.717) is 0 Å². The van der Waals surface area contributed by atoms with E-state index in [1.165, 1.54) is 31.9 Å². The van der Waals surface area contributed by atoms with Gasteiger partial charge in [-0.25, -0.2) is 4.79 Å². The summed E-state index contributed by atoms with van der Waals surface area (Å²) >= 11 is 0. The number of rotatable bonds is 0. The third-order valence-electron chi connectivity index (χ3n) is 7.28. The average Bonchev–Trinajstić information content (AvgIpc) is 3.21. The molecule has 9 heteroatoms. The van der Waals surface area contributed by atoms with Gasteiger partial charge in [0.15, 0.2) is 0 Å². The van der Waals surface area contributed by atoms with Gasteiger partial charge < -0.3 is 13.0 Å². The lowest BCUT2D eigenvalue weighted by Gasteiger charge is -2.28. The molecule has 0 aromatic heterocycles. The van der Waals surface area contributed by atoms with E-state index in [1.807, 2.05) is 25.7 Å². The summed E-state index contributed by atoms with van der Waals surface area (Å²) < 4.78 is 19.9. The molecule has 4 aliphatic rings. The van der Waals surface area contributed by atoms with Crippen LogP contribution in [0.5, 0.6) is 0 Å². The molecule has 0 saturated carbocycles. The molecule has 1 aromatic carbocycles. The highest BCUT2D eigenvalue weighted by atomic mass is 28.4. The minimum atomic E-state index is -2.12. The predicted molar refractivity (Wildman–Crippen MR) is 140 cm³/mol. The first kappa shape index (κ1) is 22.8. The quantitative estimate of drug-likeness (QED) is 0.403. The molecule has 174 valence electrons. The normalized spacial score (nSPS) is 29.2. The molecule has 5 rings (SSSR count). The third kappa shape index (κ3) is 2.87. The highest BCUT2D eigenvalue weighted by molar-refractivity contribution is 7.14. The Labute approximate surface area is 196 Å². The number of carbonyl (C=O) groups is 1. The summed E-state index contributed by atoms with van der Waals surface area (Å²) in [7, 11) is -8.41. The number of nitrogens with zero attached hydrogens (tertiary/aromatic N) is 1. The van der Waals surface area contributed by atoms with Gasteiger partial charge in [-0.1, -0.05) is 12.2 Å². The first-order chi connectivity index (χ1) is 14.4. The van der Waals surface area contributed by atoms with Crippen LogP contribution in [0.25, 0.3) is 0 Å². The van der Waals surface area contributed by atoms with Crippen molar-refractivity contribution in [1.82, 2.24) is 4.90 Å². The van der Waals surface area contributed by atoms with Crippen molar-refractivity contribution in [2.75, 3.05) is 0 Å². The fraction of sp³-hybridized carbons (Fsp3) is 0.609. The van der Waals surface area contributed by atoms with Gasteiger partial charge in [-0.05, 0) is 105 Å². The van der Waals surface area contributed by atoms with Gasteiger partial charge in [0, 0.05) is 0 Å². The largest absolute Gasteiger partial charge is 0.449 e. The van der Waals surface area contributed by atoms with E-state index in [1.54, 1.807) is 0 Å². The lowest BCUT2D eigenvalue weighted by molar-refractivity contribution is 0.0197. The zero-order valence-corrected chi connectivity index (χ0v) is 25.4. The van der Waals surface area contributed by atoms with Gasteiger partial charge in [0.25, 0.3) is 0 Å². The number of hydrogen-bond donors (Lipinski definition) is 0. The molecule has 5 nitrogen and oxygen atoms in total. The number of carbonyl (C=O) groups excluding carboxylic acids is 1. The summed E-state index contributed by atoms with van der Waals surface area (Å²) in [6, 6.07) is -0.116. The van der Waals surface area contributed by atoms with Crippen molar-refractivity contribution in [3.05, 3.63) is 23.3 Å². The van der Waals surface area contributed by atoms with Crippen LogP contribution in [0, 0.1) is 0 Å². The molecule has 0 aliphatic carbocycles. The molecule has 4 aliphatic heterocycles. The lowest BCUT2D eigenvalue weighted by atomic mass is 9.96. The Morgan fingerprint density at radius 3 is 1.44 bits per heavy atom. The minimum absolute atomic E-state index is 0.0580. The first-order valence-electron chi connectivity index (χ1n) is 11.7. The summed E-state index contributed by atoms with van der Waals surface area (Å²) in [4.78, 5) is 15.4.